The zero-order valence-corrected chi connectivity index (χ0v) is 13.0. The van der Waals surface area contributed by atoms with Crippen LogP contribution in [-0.4, -0.2) is 5.11 Å². The normalized spacial score (nSPS) is 29.8. The Balaban J connectivity index is 2.01. The molecule has 2 aromatic rings. The Kier molecular flexibility index (Phi) is 3.15. The fourth-order valence-corrected chi connectivity index (χ4v) is 3.65. The van der Waals surface area contributed by atoms with Crippen LogP contribution in [0.1, 0.15) is 45.8 Å². The first-order valence-corrected chi connectivity index (χ1v) is 7.60. The highest BCUT2D eigenvalue weighted by Gasteiger charge is 2.45. The molecule has 0 bridgehead atoms. The Morgan fingerprint density at radius 3 is 2.70 bits per heavy atom. The third-order valence-corrected chi connectivity index (χ3v) is 5.00. The van der Waals surface area contributed by atoms with Gasteiger partial charge in [0.1, 0.15) is 16.9 Å². The summed E-state index contributed by atoms with van der Waals surface area (Å²) in [7, 11) is 0. The summed E-state index contributed by atoms with van der Waals surface area (Å²) in [6.45, 7) is 6.64. The van der Waals surface area contributed by atoms with Crippen LogP contribution in [0.3, 0.4) is 0 Å². The molecule has 0 saturated heterocycles. The van der Waals surface area contributed by atoms with E-state index in [1.807, 2.05) is 24.3 Å². The van der Waals surface area contributed by atoms with Crippen LogP contribution < -0.4 is 0 Å². The van der Waals surface area contributed by atoms with Gasteiger partial charge in [0.15, 0.2) is 0 Å². The smallest absolute Gasteiger partial charge is 0.137 e. The Morgan fingerprint density at radius 1 is 1.25 bits per heavy atom. The predicted molar refractivity (Wildman–Crippen MR) is 81.9 cm³/mol. The molecular weight excluding hydrogens is 272 g/mol. The maximum atomic E-state index is 11.1. The van der Waals surface area contributed by atoms with Crippen molar-refractivity contribution < 1.29 is 9.52 Å². The molecule has 0 spiro atoms. The van der Waals surface area contributed by atoms with E-state index in [1.54, 1.807) is 0 Å². The SMILES string of the molecule is CC1CC(C)(C)CCC1(O)c1cc2cc(Cl)ccc2o1. The van der Waals surface area contributed by atoms with Crippen molar-refractivity contribution in [1.29, 1.82) is 0 Å². The topological polar surface area (TPSA) is 33.4 Å². The Morgan fingerprint density at radius 2 is 2.00 bits per heavy atom. The molecule has 0 radical (unpaired) electrons. The van der Waals surface area contributed by atoms with Crippen LogP contribution in [-0.2, 0) is 5.60 Å². The summed E-state index contributed by atoms with van der Waals surface area (Å²) >= 11 is 6.01. The number of benzene rings is 1. The van der Waals surface area contributed by atoms with E-state index < -0.39 is 5.60 Å². The Bertz CT molecular complexity index is 643. The van der Waals surface area contributed by atoms with Gasteiger partial charge >= 0.3 is 0 Å². The zero-order valence-electron chi connectivity index (χ0n) is 12.2. The van der Waals surface area contributed by atoms with Gasteiger partial charge in [-0.05, 0) is 54.9 Å². The molecule has 1 aliphatic carbocycles. The van der Waals surface area contributed by atoms with E-state index in [0.29, 0.717) is 16.2 Å². The number of rotatable bonds is 1. The third kappa shape index (κ3) is 2.25. The fourth-order valence-electron chi connectivity index (χ4n) is 3.47. The van der Waals surface area contributed by atoms with Crippen LogP contribution in [0.2, 0.25) is 5.02 Å². The van der Waals surface area contributed by atoms with Gasteiger partial charge in [0, 0.05) is 10.4 Å². The second-order valence-corrected chi connectivity index (χ2v) is 7.42. The molecule has 1 N–H and O–H groups in total. The second-order valence-electron chi connectivity index (χ2n) is 6.99. The Labute approximate surface area is 124 Å². The maximum Gasteiger partial charge on any atom is 0.137 e. The van der Waals surface area contributed by atoms with Crippen molar-refractivity contribution in [2.24, 2.45) is 11.3 Å². The van der Waals surface area contributed by atoms with Crippen LogP contribution in [0, 0.1) is 11.3 Å². The molecule has 1 aliphatic rings. The predicted octanol–water partition coefficient (Wildman–Crippen LogP) is 5.12. The number of aliphatic hydroxyl groups is 1. The zero-order chi connectivity index (χ0) is 14.5. The average molecular weight is 293 g/mol. The first-order chi connectivity index (χ1) is 9.30. The lowest BCUT2D eigenvalue weighted by molar-refractivity contribution is -0.0901. The van der Waals surface area contributed by atoms with Gasteiger partial charge in [-0.3, -0.25) is 0 Å². The van der Waals surface area contributed by atoms with Crippen molar-refractivity contribution in [3.8, 4) is 0 Å². The number of fused-ring (bicyclic) bond motifs is 1. The summed E-state index contributed by atoms with van der Waals surface area (Å²) < 4.78 is 5.90. The third-order valence-electron chi connectivity index (χ3n) is 4.76. The van der Waals surface area contributed by atoms with Crippen molar-refractivity contribution in [3.05, 3.63) is 35.0 Å². The van der Waals surface area contributed by atoms with Gasteiger partial charge in [-0.2, -0.15) is 0 Å². The van der Waals surface area contributed by atoms with Crippen molar-refractivity contribution in [2.45, 2.75) is 45.6 Å². The van der Waals surface area contributed by atoms with Gasteiger partial charge in [0.2, 0.25) is 0 Å². The fraction of sp³-hybridized carbons (Fsp3) is 0.529. The quantitative estimate of drug-likeness (QED) is 0.791. The van der Waals surface area contributed by atoms with Crippen molar-refractivity contribution in [2.75, 3.05) is 0 Å². The number of furan rings is 1. The van der Waals surface area contributed by atoms with Crippen LogP contribution in [0.4, 0.5) is 0 Å². The van der Waals surface area contributed by atoms with E-state index in [0.717, 1.165) is 30.2 Å². The number of hydrogen-bond donors (Lipinski definition) is 1. The van der Waals surface area contributed by atoms with E-state index in [2.05, 4.69) is 20.8 Å². The van der Waals surface area contributed by atoms with Gasteiger partial charge in [-0.1, -0.05) is 32.4 Å². The number of hydrogen-bond acceptors (Lipinski definition) is 2. The van der Waals surface area contributed by atoms with Gasteiger partial charge in [0.25, 0.3) is 0 Å². The Hall–Kier alpha value is -0.990. The van der Waals surface area contributed by atoms with Gasteiger partial charge in [0.05, 0.1) is 0 Å². The van der Waals surface area contributed by atoms with Crippen LogP contribution in [0.15, 0.2) is 28.7 Å². The second kappa shape index (κ2) is 4.51. The molecule has 1 saturated carbocycles. The maximum absolute atomic E-state index is 11.1. The molecule has 2 atom stereocenters. The summed E-state index contributed by atoms with van der Waals surface area (Å²) in [5.41, 5.74) is 0.219. The molecule has 3 heteroatoms. The summed E-state index contributed by atoms with van der Waals surface area (Å²) in [5, 5.41) is 12.7. The van der Waals surface area contributed by atoms with Crippen molar-refractivity contribution >= 4 is 22.6 Å². The molecule has 2 nitrogen and oxygen atoms in total. The van der Waals surface area contributed by atoms with Crippen LogP contribution >= 0.6 is 11.6 Å². The number of halogens is 1. The molecule has 1 aromatic heterocycles. The monoisotopic (exact) mass is 292 g/mol. The lowest BCUT2D eigenvalue weighted by Gasteiger charge is -2.44. The minimum atomic E-state index is -0.860. The largest absolute Gasteiger partial charge is 0.458 e. The van der Waals surface area contributed by atoms with Gasteiger partial charge in [-0.15, -0.1) is 0 Å². The van der Waals surface area contributed by atoms with E-state index in [-0.39, 0.29) is 5.92 Å². The first-order valence-electron chi connectivity index (χ1n) is 7.22. The lowest BCUT2D eigenvalue weighted by atomic mass is 9.65. The molecule has 1 fully saturated rings. The van der Waals surface area contributed by atoms with Crippen LogP contribution in [0.5, 0.6) is 0 Å². The molecule has 3 rings (SSSR count). The molecule has 0 aliphatic heterocycles. The molecule has 2 unspecified atom stereocenters. The first kappa shape index (κ1) is 14.0. The summed E-state index contributed by atoms with van der Waals surface area (Å²) in [6.07, 6.45) is 2.75. The minimum absolute atomic E-state index is 0.183. The highest BCUT2D eigenvalue weighted by molar-refractivity contribution is 6.31. The van der Waals surface area contributed by atoms with Gasteiger partial charge < -0.3 is 9.52 Å². The summed E-state index contributed by atoms with van der Waals surface area (Å²) in [6, 6.07) is 7.50. The summed E-state index contributed by atoms with van der Waals surface area (Å²) in [5.74, 6) is 0.861. The molecule has 20 heavy (non-hydrogen) atoms. The average Bonchev–Trinajstić information content (AvgIpc) is 2.77. The molecule has 108 valence electrons. The van der Waals surface area contributed by atoms with E-state index >= 15 is 0 Å². The van der Waals surface area contributed by atoms with E-state index in [1.165, 1.54) is 0 Å². The minimum Gasteiger partial charge on any atom is -0.458 e. The summed E-state index contributed by atoms with van der Waals surface area (Å²) in [4.78, 5) is 0. The highest BCUT2D eigenvalue weighted by Crippen LogP contribution is 2.49. The highest BCUT2D eigenvalue weighted by atomic mass is 35.5. The molecular formula is C17H21ClO2. The standard InChI is InChI=1S/C17H21ClO2/c1-11-10-16(2,3)6-7-17(11,19)15-9-12-8-13(18)4-5-14(12)20-15/h4-5,8-9,11,19H,6-7,10H2,1-3H3. The molecule has 1 heterocycles. The molecule has 0 amide bonds. The van der Waals surface area contributed by atoms with Crippen LogP contribution in [0.25, 0.3) is 11.0 Å². The van der Waals surface area contributed by atoms with Crippen molar-refractivity contribution in [3.63, 3.8) is 0 Å². The van der Waals surface area contributed by atoms with Gasteiger partial charge in [-0.25, -0.2) is 0 Å². The van der Waals surface area contributed by atoms with E-state index in [4.69, 9.17) is 16.0 Å². The van der Waals surface area contributed by atoms with Crippen molar-refractivity contribution in [1.82, 2.24) is 0 Å². The molecule has 1 aromatic carbocycles. The lowest BCUT2D eigenvalue weighted by Crippen LogP contribution is -2.41. The van der Waals surface area contributed by atoms with E-state index in [9.17, 15) is 5.11 Å².